The Morgan fingerprint density at radius 3 is 1.03 bits per heavy atom. The molecule has 0 aliphatic rings. The molecule has 0 saturated heterocycles. The summed E-state index contributed by atoms with van der Waals surface area (Å²) in [6.07, 6.45) is 52.6. The smallest absolute Gasteiger partial charge is 0.457 e. The van der Waals surface area contributed by atoms with E-state index in [2.05, 4.69) is 50.3 Å². The van der Waals surface area contributed by atoms with E-state index in [0.717, 1.165) is 70.6 Å². The van der Waals surface area contributed by atoms with Crippen molar-refractivity contribution >= 4 is 19.8 Å². The summed E-state index contributed by atoms with van der Waals surface area (Å²) in [5.74, 6) is -1.02. The molecule has 0 aliphatic heterocycles. The quantitative estimate of drug-likeness (QED) is 0.0233. The van der Waals surface area contributed by atoms with E-state index in [-0.39, 0.29) is 12.8 Å². The number of hydrogen-bond acceptors (Lipinski definition) is 9. The number of carbonyl (C=O) groups excluding carboxylic acids is 2. The topological polar surface area (TPSA) is 149 Å². The molecular formula is C52H97O10P. The van der Waals surface area contributed by atoms with Crippen LogP contribution in [0.2, 0.25) is 0 Å². The largest absolute Gasteiger partial charge is 0.472 e. The Morgan fingerprint density at radius 1 is 0.429 bits per heavy atom. The van der Waals surface area contributed by atoms with E-state index in [1.54, 1.807) is 0 Å². The first-order valence-corrected chi connectivity index (χ1v) is 27.4. The third-order valence-corrected chi connectivity index (χ3v) is 12.3. The summed E-state index contributed by atoms with van der Waals surface area (Å²) in [7, 11) is -4.64. The summed E-state index contributed by atoms with van der Waals surface area (Å²) in [6, 6.07) is 0. The Morgan fingerprint density at radius 2 is 0.698 bits per heavy atom. The first kappa shape index (κ1) is 61.2. The van der Waals surface area contributed by atoms with Crippen LogP contribution in [0.3, 0.4) is 0 Å². The first-order valence-electron chi connectivity index (χ1n) is 25.9. The fraction of sp³-hybridized carbons (Fsp3) is 0.846. The Bertz CT molecular complexity index is 1140. The van der Waals surface area contributed by atoms with Crippen LogP contribution in [0.25, 0.3) is 0 Å². The number of phosphoric acid groups is 1. The monoisotopic (exact) mass is 913 g/mol. The molecule has 0 amide bonds. The number of rotatable bonds is 49. The van der Waals surface area contributed by atoms with Crippen molar-refractivity contribution in [1.82, 2.24) is 0 Å². The minimum atomic E-state index is -4.64. The summed E-state index contributed by atoms with van der Waals surface area (Å²) in [5, 5.41) is 19.3. The molecule has 11 heteroatoms. The van der Waals surface area contributed by atoms with Crippen molar-refractivity contribution in [2.24, 2.45) is 0 Å². The fourth-order valence-electron chi connectivity index (χ4n) is 7.36. The SMILES string of the molecule is CCCCC/C=C\C/C=C\C/C=C\CCCCCCCCC(=O)OC(CO)COP(=O)(O)OCC(CO)OC(=O)CCCCCCCCCCCCCCCCCCCCCCC. The van der Waals surface area contributed by atoms with Crippen molar-refractivity contribution in [3.63, 3.8) is 0 Å². The summed E-state index contributed by atoms with van der Waals surface area (Å²) >= 11 is 0. The van der Waals surface area contributed by atoms with Crippen LogP contribution in [0.5, 0.6) is 0 Å². The van der Waals surface area contributed by atoms with Gasteiger partial charge in [0.1, 0.15) is 12.2 Å². The molecule has 0 aromatic heterocycles. The number of esters is 2. The Labute approximate surface area is 386 Å². The molecule has 0 aromatic carbocycles. The van der Waals surface area contributed by atoms with E-state index in [0.29, 0.717) is 12.8 Å². The van der Waals surface area contributed by atoms with Gasteiger partial charge in [-0.1, -0.05) is 217 Å². The fourth-order valence-corrected chi connectivity index (χ4v) is 8.14. The highest BCUT2D eigenvalue weighted by Gasteiger charge is 2.27. The van der Waals surface area contributed by atoms with Crippen LogP contribution in [-0.4, -0.2) is 65.7 Å². The van der Waals surface area contributed by atoms with Gasteiger partial charge < -0.3 is 24.6 Å². The second kappa shape index (κ2) is 48.1. The predicted molar refractivity (Wildman–Crippen MR) is 261 cm³/mol. The van der Waals surface area contributed by atoms with Crippen LogP contribution in [0.4, 0.5) is 0 Å². The third-order valence-electron chi connectivity index (χ3n) is 11.4. The maximum Gasteiger partial charge on any atom is 0.472 e. The molecule has 63 heavy (non-hydrogen) atoms. The first-order chi connectivity index (χ1) is 30.8. The molecule has 0 spiro atoms. The maximum atomic E-state index is 12.4. The van der Waals surface area contributed by atoms with Crippen LogP contribution < -0.4 is 0 Å². The third kappa shape index (κ3) is 46.5. The van der Waals surface area contributed by atoms with E-state index >= 15 is 0 Å². The van der Waals surface area contributed by atoms with Crippen molar-refractivity contribution in [2.75, 3.05) is 26.4 Å². The number of aliphatic hydroxyl groups excluding tert-OH is 2. The molecule has 0 radical (unpaired) electrons. The minimum absolute atomic E-state index is 0.178. The van der Waals surface area contributed by atoms with E-state index in [9.17, 15) is 29.3 Å². The molecule has 0 saturated carbocycles. The molecule has 0 bridgehead atoms. The van der Waals surface area contributed by atoms with E-state index in [4.69, 9.17) is 18.5 Å². The molecule has 3 unspecified atom stereocenters. The lowest BCUT2D eigenvalue weighted by molar-refractivity contribution is -0.153. The van der Waals surface area contributed by atoms with Crippen molar-refractivity contribution in [1.29, 1.82) is 0 Å². The van der Waals surface area contributed by atoms with Crippen molar-refractivity contribution in [3.05, 3.63) is 36.5 Å². The van der Waals surface area contributed by atoms with Gasteiger partial charge in [0, 0.05) is 12.8 Å². The number of carbonyl (C=O) groups is 2. The molecule has 3 atom stereocenters. The second-order valence-corrected chi connectivity index (χ2v) is 19.0. The van der Waals surface area contributed by atoms with Gasteiger partial charge in [-0.25, -0.2) is 4.57 Å². The van der Waals surface area contributed by atoms with Crippen molar-refractivity contribution in [2.45, 2.75) is 257 Å². The highest BCUT2D eigenvalue weighted by Crippen LogP contribution is 2.43. The maximum absolute atomic E-state index is 12.4. The average Bonchev–Trinajstić information content (AvgIpc) is 3.27. The van der Waals surface area contributed by atoms with Crippen molar-refractivity contribution in [3.8, 4) is 0 Å². The van der Waals surface area contributed by atoms with Crippen LogP contribution in [0.15, 0.2) is 36.5 Å². The van der Waals surface area contributed by atoms with Crippen molar-refractivity contribution < 1.29 is 47.8 Å². The zero-order valence-corrected chi connectivity index (χ0v) is 41.4. The number of ether oxygens (including phenoxy) is 2. The Hall–Kier alpha value is -1.81. The summed E-state index contributed by atoms with van der Waals surface area (Å²) < 4.78 is 32.7. The van der Waals surface area contributed by atoms with Gasteiger partial charge in [0.15, 0.2) is 0 Å². The molecule has 10 nitrogen and oxygen atoms in total. The zero-order valence-electron chi connectivity index (χ0n) is 40.5. The number of unbranched alkanes of at least 4 members (excludes halogenated alkanes) is 29. The van der Waals surface area contributed by atoms with Gasteiger partial charge in [0.25, 0.3) is 0 Å². The highest BCUT2D eigenvalue weighted by molar-refractivity contribution is 7.47. The average molecular weight is 913 g/mol. The van der Waals surface area contributed by atoms with Gasteiger partial charge >= 0.3 is 19.8 Å². The van der Waals surface area contributed by atoms with Gasteiger partial charge in [-0.05, 0) is 51.4 Å². The lowest BCUT2D eigenvalue weighted by Crippen LogP contribution is -2.28. The van der Waals surface area contributed by atoms with E-state index in [1.165, 1.54) is 135 Å². The standard InChI is InChI=1S/C52H97O10P/c1-3-5-7-9-11-13-15-17-19-21-23-24-26-28-30-32-34-36-38-40-42-44-52(56)62-50(46-54)48-60-63(57,58)59-47-49(45-53)61-51(55)43-41-39-37-35-33-31-29-27-25-22-20-18-16-14-12-10-8-6-4-2/h12,14,18,20,25,27,49-50,53-54H,3-11,13,15-17,19,21-24,26,28-48H2,1-2H3,(H,57,58)/b14-12-,20-18-,27-25-. The van der Waals surface area contributed by atoms with Crippen LogP contribution in [0, 0.1) is 0 Å². The zero-order chi connectivity index (χ0) is 46.2. The van der Waals surface area contributed by atoms with Crippen LogP contribution >= 0.6 is 7.82 Å². The second-order valence-electron chi connectivity index (χ2n) is 17.5. The van der Waals surface area contributed by atoms with Crippen LogP contribution in [0.1, 0.15) is 245 Å². The van der Waals surface area contributed by atoms with Gasteiger partial charge in [0.2, 0.25) is 0 Å². The normalized spacial score (nSPS) is 13.9. The highest BCUT2D eigenvalue weighted by atomic mass is 31.2. The molecule has 3 N–H and O–H groups in total. The lowest BCUT2D eigenvalue weighted by atomic mass is 10.0. The van der Waals surface area contributed by atoms with Gasteiger partial charge in [-0.2, -0.15) is 0 Å². The Kier molecular flexibility index (Phi) is 46.7. The van der Waals surface area contributed by atoms with Crippen LogP contribution in [-0.2, 0) is 32.7 Å². The molecule has 0 aliphatic carbocycles. The minimum Gasteiger partial charge on any atom is -0.457 e. The molecule has 0 rings (SSSR count). The number of hydrogen-bond donors (Lipinski definition) is 3. The van der Waals surface area contributed by atoms with E-state index < -0.39 is 58.4 Å². The Balaban J connectivity index is 3.83. The molecule has 0 heterocycles. The lowest BCUT2D eigenvalue weighted by Gasteiger charge is -2.20. The summed E-state index contributed by atoms with van der Waals surface area (Å²) in [5.41, 5.74) is 0. The number of phosphoric ester groups is 1. The summed E-state index contributed by atoms with van der Waals surface area (Å²) in [4.78, 5) is 34.7. The predicted octanol–water partition coefficient (Wildman–Crippen LogP) is 14.7. The summed E-state index contributed by atoms with van der Waals surface area (Å²) in [6.45, 7) is 2.21. The molecule has 0 aromatic rings. The molecule has 370 valence electrons. The van der Waals surface area contributed by atoms with Gasteiger partial charge in [-0.15, -0.1) is 0 Å². The van der Waals surface area contributed by atoms with Gasteiger partial charge in [-0.3, -0.25) is 18.6 Å². The van der Waals surface area contributed by atoms with E-state index in [1.807, 2.05) is 0 Å². The van der Waals surface area contributed by atoms with Gasteiger partial charge in [0.05, 0.1) is 26.4 Å². The number of allylic oxidation sites excluding steroid dienone is 6. The molecule has 0 fully saturated rings. The number of aliphatic hydroxyl groups is 2. The molecular weight excluding hydrogens is 816 g/mol.